The van der Waals surface area contributed by atoms with E-state index in [1.54, 1.807) is 23.7 Å². The molecule has 7 nitrogen and oxygen atoms in total. The fraction of sp³-hybridized carbons (Fsp3) is 0.455. The van der Waals surface area contributed by atoms with Crippen LogP contribution in [0.5, 0.6) is 0 Å². The second kappa shape index (κ2) is 7.76. The largest absolute Gasteiger partial charge is 0.383 e. The summed E-state index contributed by atoms with van der Waals surface area (Å²) < 4.78 is 35.6. The maximum absolute atomic E-state index is 13.3. The molecular weight excluding hydrogens is 400 g/mol. The van der Waals surface area contributed by atoms with Crippen molar-refractivity contribution >= 4 is 21.1 Å². The van der Waals surface area contributed by atoms with Crippen LogP contribution < -0.4 is 0 Å². The Bertz CT molecular complexity index is 1190. The van der Waals surface area contributed by atoms with Crippen LogP contribution in [0.3, 0.4) is 0 Å². The highest BCUT2D eigenvalue weighted by Gasteiger charge is 2.36. The number of aryl methyl sites for hydroxylation is 2. The summed E-state index contributed by atoms with van der Waals surface area (Å²) in [6.45, 7) is 2.19. The van der Waals surface area contributed by atoms with Crippen LogP contribution in [0.2, 0.25) is 0 Å². The predicted molar refractivity (Wildman–Crippen MR) is 114 cm³/mol. The zero-order valence-electron chi connectivity index (χ0n) is 17.1. The molecule has 0 bridgehead atoms. The minimum absolute atomic E-state index is 0.0541. The minimum Gasteiger partial charge on any atom is -0.383 e. The summed E-state index contributed by atoms with van der Waals surface area (Å²) in [5, 5.41) is 0. The normalized spacial score (nSPS) is 19.6. The van der Waals surface area contributed by atoms with Gasteiger partial charge in [-0.15, -0.1) is 0 Å². The number of aromatic nitrogens is 3. The van der Waals surface area contributed by atoms with Gasteiger partial charge in [-0.1, -0.05) is 6.07 Å². The Kier molecular flexibility index (Phi) is 5.08. The summed E-state index contributed by atoms with van der Waals surface area (Å²) in [4.78, 5) is 9.48. The van der Waals surface area contributed by atoms with Crippen LogP contribution in [-0.2, 0) is 34.1 Å². The molecule has 1 fully saturated rings. The average Bonchev–Trinajstić information content (AvgIpc) is 3.49. The van der Waals surface area contributed by atoms with E-state index in [0.29, 0.717) is 31.1 Å². The zero-order valence-corrected chi connectivity index (χ0v) is 17.9. The molecule has 1 aromatic carbocycles. The third-order valence-corrected chi connectivity index (χ3v) is 8.18. The van der Waals surface area contributed by atoms with Gasteiger partial charge >= 0.3 is 0 Å². The molecule has 1 saturated heterocycles. The second-order valence-electron chi connectivity index (χ2n) is 8.11. The maximum atomic E-state index is 13.3. The number of fused-ring (bicyclic) bond motifs is 2. The fourth-order valence-corrected chi connectivity index (χ4v) is 6.28. The number of rotatable bonds is 6. The first-order chi connectivity index (χ1) is 14.6. The van der Waals surface area contributed by atoms with Crippen molar-refractivity contribution < 1.29 is 13.2 Å². The summed E-state index contributed by atoms with van der Waals surface area (Å²) in [5.41, 5.74) is 4.31. The van der Waals surface area contributed by atoms with Gasteiger partial charge in [-0.05, 0) is 55.0 Å². The minimum atomic E-state index is -3.50. The monoisotopic (exact) mass is 426 g/mol. The van der Waals surface area contributed by atoms with Crippen molar-refractivity contribution in [2.45, 2.75) is 43.0 Å². The third kappa shape index (κ3) is 3.33. The lowest BCUT2D eigenvalue weighted by Gasteiger charge is -2.18. The first-order valence-electron chi connectivity index (χ1n) is 10.5. The van der Waals surface area contributed by atoms with E-state index in [2.05, 4.69) is 9.55 Å². The summed E-state index contributed by atoms with van der Waals surface area (Å²) in [5.74, 6) is 0.972. The van der Waals surface area contributed by atoms with E-state index in [-0.39, 0.29) is 5.92 Å². The standard InChI is InChI=1S/C22H26N4O3S/c1-29-12-11-26-21-14-23-9-7-20(21)24-22(26)18-8-10-25(15-18)30(27,28)19-6-5-16-3-2-4-17(16)13-19/h5-7,9,13-14,18H,2-4,8,10-12,15H2,1H3/t18-/m1/s1. The fourth-order valence-electron chi connectivity index (χ4n) is 4.73. The Hall–Kier alpha value is -2.29. The molecule has 5 rings (SSSR count). The molecule has 0 saturated carbocycles. The molecule has 8 heteroatoms. The van der Waals surface area contributed by atoms with Crippen LogP contribution in [0.15, 0.2) is 41.6 Å². The highest BCUT2D eigenvalue weighted by atomic mass is 32.2. The number of benzene rings is 1. The molecule has 30 heavy (non-hydrogen) atoms. The highest BCUT2D eigenvalue weighted by Crippen LogP contribution is 2.33. The molecule has 158 valence electrons. The molecule has 2 aromatic heterocycles. The van der Waals surface area contributed by atoms with Crippen LogP contribution in [0.4, 0.5) is 0 Å². The molecule has 3 aromatic rings. The first-order valence-corrected chi connectivity index (χ1v) is 11.9. The van der Waals surface area contributed by atoms with Crippen LogP contribution in [0.25, 0.3) is 11.0 Å². The van der Waals surface area contributed by atoms with Gasteiger partial charge in [0.25, 0.3) is 0 Å². The number of hydrogen-bond acceptors (Lipinski definition) is 5. The SMILES string of the molecule is COCCn1c([C@@H]2CCN(S(=O)(=O)c3ccc4c(c3)CCC4)C2)nc2ccncc21. The summed E-state index contributed by atoms with van der Waals surface area (Å²) in [6, 6.07) is 7.53. The Labute approximate surface area is 176 Å². The lowest BCUT2D eigenvalue weighted by Crippen LogP contribution is -2.29. The lowest BCUT2D eigenvalue weighted by molar-refractivity contribution is 0.187. The first kappa shape index (κ1) is 19.7. The number of hydrogen-bond donors (Lipinski definition) is 0. The van der Waals surface area contributed by atoms with Gasteiger partial charge < -0.3 is 9.30 Å². The molecule has 2 aliphatic rings. The molecule has 0 amide bonds. The Balaban J connectivity index is 1.43. The highest BCUT2D eigenvalue weighted by molar-refractivity contribution is 7.89. The van der Waals surface area contributed by atoms with E-state index in [1.807, 2.05) is 24.4 Å². The molecule has 3 heterocycles. The van der Waals surface area contributed by atoms with Crippen molar-refractivity contribution in [3.63, 3.8) is 0 Å². The molecule has 1 atom stereocenters. The molecule has 1 aliphatic heterocycles. The average molecular weight is 427 g/mol. The second-order valence-corrected chi connectivity index (χ2v) is 10.0. The van der Waals surface area contributed by atoms with Crippen molar-refractivity contribution in [2.75, 3.05) is 26.8 Å². The van der Waals surface area contributed by atoms with Crippen molar-refractivity contribution in [2.24, 2.45) is 0 Å². The number of pyridine rings is 1. The summed E-state index contributed by atoms with van der Waals surface area (Å²) in [7, 11) is -1.82. The Morgan fingerprint density at radius 2 is 2.07 bits per heavy atom. The van der Waals surface area contributed by atoms with Gasteiger partial charge in [0, 0.05) is 38.9 Å². The lowest BCUT2D eigenvalue weighted by atomic mass is 10.1. The number of nitrogens with zero attached hydrogens (tertiary/aromatic N) is 4. The third-order valence-electron chi connectivity index (χ3n) is 6.32. The molecule has 1 aliphatic carbocycles. The number of ether oxygens (including phenoxy) is 1. The molecule has 0 unspecified atom stereocenters. The number of methoxy groups -OCH3 is 1. The van der Waals surface area contributed by atoms with E-state index < -0.39 is 10.0 Å². The van der Waals surface area contributed by atoms with Gasteiger partial charge in [0.15, 0.2) is 0 Å². The quantitative estimate of drug-likeness (QED) is 0.606. The molecule has 0 N–H and O–H groups in total. The van der Waals surface area contributed by atoms with Gasteiger partial charge in [-0.3, -0.25) is 4.98 Å². The van der Waals surface area contributed by atoms with Gasteiger partial charge in [0.1, 0.15) is 5.82 Å². The molecule has 0 radical (unpaired) electrons. The number of imidazole rings is 1. The smallest absolute Gasteiger partial charge is 0.243 e. The van der Waals surface area contributed by atoms with E-state index >= 15 is 0 Å². The van der Waals surface area contributed by atoms with Gasteiger partial charge in [-0.25, -0.2) is 13.4 Å². The Morgan fingerprint density at radius 1 is 1.20 bits per heavy atom. The van der Waals surface area contributed by atoms with Crippen molar-refractivity contribution in [3.8, 4) is 0 Å². The van der Waals surface area contributed by atoms with Crippen LogP contribution in [-0.4, -0.2) is 54.1 Å². The predicted octanol–water partition coefficient (Wildman–Crippen LogP) is 2.74. The van der Waals surface area contributed by atoms with Gasteiger partial charge in [0.05, 0.1) is 28.7 Å². The number of sulfonamides is 1. The van der Waals surface area contributed by atoms with Crippen molar-refractivity contribution in [1.29, 1.82) is 0 Å². The zero-order chi connectivity index (χ0) is 20.7. The summed E-state index contributed by atoms with van der Waals surface area (Å²) in [6.07, 6.45) is 7.44. The topological polar surface area (TPSA) is 77.3 Å². The van der Waals surface area contributed by atoms with Crippen LogP contribution in [0.1, 0.15) is 35.7 Å². The van der Waals surface area contributed by atoms with Crippen LogP contribution in [0, 0.1) is 0 Å². The summed E-state index contributed by atoms with van der Waals surface area (Å²) >= 11 is 0. The van der Waals surface area contributed by atoms with Crippen molar-refractivity contribution in [1.82, 2.24) is 18.8 Å². The van der Waals surface area contributed by atoms with E-state index in [4.69, 9.17) is 9.72 Å². The van der Waals surface area contributed by atoms with E-state index in [1.165, 1.54) is 11.1 Å². The van der Waals surface area contributed by atoms with Gasteiger partial charge in [-0.2, -0.15) is 4.31 Å². The molecular formula is C22H26N4O3S. The van der Waals surface area contributed by atoms with Crippen molar-refractivity contribution in [3.05, 3.63) is 53.6 Å². The molecule has 0 spiro atoms. The van der Waals surface area contributed by atoms with Crippen LogP contribution >= 0.6 is 0 Å². The van der Waals surface area contributed by atoms with E-state index in [9.17, 15) is 8.42 Å². The maximum Gasteiger partial charge on any atom is 0.243 e. The van der Waals surface area contributed by atoms with E-state index in [0.717, 1.165) is 42.5 Å². The van der Waals surface area contributed by atoms with Gasteiger partial charge in [0.2, 0.25) is 10.0 Å². The Morgan fingerprint density at radius 3 is 2.93 bits per heavy atom.